The molecule has 1 heterocycles. The number of nitrogens with zero attached hydrogens (tertiary/aromatic N) is 1. The van der Waals surface area contributed by atoms with Crippen molar-refractivity contribution in [2.45, 2.75) is 20.4 Å². The quantitative estimate of drug-likeness (QED) is 0.433. The van der Waals surface area contributed by atoms with Gasteiger partial charge in [0.15, 0.2) is 5.78 Å². The lowest BCUT2D eigenvalue weighted by molar-refractivity contribution is -0.116. The number of amides is 1. The number of ketones is 1. The molecule has 1 amide bonds. The first-order valence-corrected chi connectivity index (χ1v) is 10.5. The van der Waals surface area contributed by atoms with Gasteiger partial charge in [-0.25, -0.2) is 0 Å². The van der Waals surface area contributed by atoms with Gasteiger partial charge in [0, 0.05) is 27.9 Å². The third-order valence-corrected chi connectivity index (χ3v) is 5.69. The van der Waals surface area contributed by atoms with Crippen LogP contribution in [0, 0.1) is 13.8 Å². The Morgan fingerprint density at radius 1 is 0.969 bits per heavy atom. The molecule has 0 atom stereocenters. The molecule has 0 unspecified atom stereocenters. The Morgan fingerprint density at radius 3 is 2.44 bits per heavy atom. The topological polar surface area (TPSA) is 68.2 Å². The van der Waals surface area contributed by atoms with E-state index in [1.807, 2.05) is 26.0 Å². The van der Waals surface area contributed by atoms with Crippen LogP contribution in [0.2, 0.25) is 5.02 Å². The van der Waals surface area contributed by atoms with Gasteiger partial charge in [0.05, 0.1) is 11.1 Å². The fourth-order valence-electron chi connectivity index (χ4n) is 3.57. The van der Waals surface area contributed by atoms with Crippen molar-refractivity contribution in [1.82, 2.24) is 4.57 Å². The average Bonchev–Trinajstić information content (AvgIpc) is 2.78. The molecule has 0 saturated carbocycles. The van der Waals surface area contributed by atoms with E-state index in [0.717, 1.165) is 11.1 Å². The van der Waals surface area contributed by atoms with E-state index in [4.69, 9.17) is 11.6 Å². The largest absolute Gasteiger partial charge is 0.337 e. The maximum Gasteiger partial charge on any atom is 0.244 e. The lowest BCUT2D eigenvalue weighted by atomic mass is 10.0. The molecule has 0 aliphatic heterocycles. The van der Waals surface area contributed by atoms with Crippen LogP contribution in [-0.4, -0.2) is 16.3 Å². The first-order chi connectivity index (χ1) is 15.3. The van der Waals surface area contributed by atoms with E-state index in [9.17, 15) is 14.4 Å². The fourth-order valence-corrected chi connectivity index (χ4v) is 3.76. The normalized spacial score (nSPS) is 10.8. The molecule has 6 heteroatoms. The highest BCUT2D eigenvalue weighted by molar-refractivity contribution is 6.31. The molecule has 4 rings (SSSR count). The number of pyridine rings is 1. The number of aryl methyl sites for hydroxylation is 2. The van der Waals surface area contributed by atoms with Crippen molar-refractivity contribution in [3.63, 3.8) is 0 Å². The molecule has 1 aromatic heterocycles. The smallest absolute Gasteiger partial charge is 0.244 e. The predicted molar refractivity (Wildman–Crippen MR) is 128 cm³/mol. The number of nitrogens with one attached hydrogen (secondary N) is 1. The summed E-state index contributed by atoms with van der Waals surface area (Å²) >= 11 is 6.15. The van der Waals surface area contributed by atoms with E-state index in [-0.39, 0.29) is 29.2 Å². The molecular formula is C26H21ClN2O3. The molecule has 0 fully saturated rings. The first kappa shape index (κ1) is 21.5. The average molecular weight is 445 g/mol. The molecule has 0 aliphatic rings. The highest BCUT2D eigenvalue weighted by Crippen LogP contribution is 2.21. The summed E-state index contributed by atoms with van der Waals surface area (Å²) in [6.07, 6.45) is 1.47. The number of carbonyl (C=O) groups is 2. The van der Waals surface area contributed by atoms with Crippen molar-refractivity contribution in [1.29, 1.82) is 0 Å². The highest BCUT2D eigenvalue weighted by atomic mass is 35.5. The summed E-state index contributed by atoms with van der Waals surface area (Å²) < 4.78 is 1.64. The zero-order valence-corrected chi connectivity index (χ0v) is 18.4. The van der Waals surface area contributed by atoms with Crippen molar-refractivity contribution < 1.29 is 9.59 Å². The molecule has 32 heavy (non-hydrogen) atoms. The molecule has 0 aliphatic carbocycles. The lowest BCUT2D eigenvalue weighted by Crippen LogP contribution is -2.24. The molecule has 5 nitrogen and oxygen atoms in total. The first-order valence-electron chi connectivity index (χ1n) is 10.1. The van der Waals surface area contributed by atoms with Crippen LogP contribution >= 0.6 is 11.6 Å². The Kier molecular flexibility index (Phi) is 5.93. The predicted octanol–water partition coefficient (Wildman–Crippen LogP) is 5.14. The second-order valence-corrected chi connectivity index (χ2v) is 8.13. The number of rotatable bonds is 5. The van der Waals surface area contributed by atoms with E-state index < -0.39 is 0 Å². The third kappa shape index (κ3) is 4.34. The molecule has 4 aromatic rings. The highest BCUT2D eigenvalue weighted by Gasteiger charge is 2.18. The summed E-state index contributed by atoms with van der Waals surface area (Å²) in [7, 11) is 0. The summed E-state index contributed by atoms with van der Waals surface area (Å²) in [5.41, 5.74) is 3.07. The van der Waals surface area contributed by atoms with Crippen LogP contribution in [0.15, 0.2) is 77.7 Å². The van der Waals surface area contributed by atoms with Crippen molar-refractivity contribution in [3.8, 4) is 0 Å². The van der Waals surface area contributed by atoms with Crippen LogP contribution in [0.25, 0.3) is 10.9 Å². The van der Waals surface area contributed by atoms with Crippen LogP contribution in [0.5, 0.6) is 0 Å². The Labute approximate surface area is 190 Å². The van der Waals surface area contributed by atoms with Crippen molar-refractivity contribution in [3.05, 3.63) is 110 Å². The monoisotopic (exact) mass is 444 g/mol. The second-order valence-electron chi connectivity index (χ2n) is 7.73. The van der Waals surface area contributed by atoms with Gasteiger partial charge in [-0.15, -0.1) is 0 Å². The summed E-state index contributed by atoms with van der Waals surface area (Å²) in [6.45, 7) is 3.69. The molecule has 0 radical (unpaired) electrons. The standard InChI is InChI=1S/C26H21ClN2O3/c1-16-8-11-23-20(12-16)26(32)21(25(31)18-6-4-3-5-7-18)14-29(23)15-24(30)28-19-10-9-17(2)22(27)13-19/h3-14H,15H2,1-2H3,(H,28,30). The molecular weight excluding hydrogens is 424 g/mol. The minimum Gasteiger partial charge on any atom is -0.337 e. The van der Waals surface area contributed by atoms with E-state index in [1.165, 1.54) is 6.20 Å². The number of benzene rings is 3. The van der Waals surface area contributed by atoms with Gasteiger partial charge >= 0.3 is 0 Å². The Bertz CT molecular complexity index is 1410. The van der Waals surface area contributed by atoms with Crippen LogP contribution < -0.4 is 10.7 Å². The molecule has 0 bridgehead atoms. The van der Waals surface area contributed by atoms with Gasteiger partial charge in [0.25, 0.3) is 0 Å². The van der Waals surface area contributed by atoms with E-state index in [0.29, 0.717) is 27.2 Å². The molecule has 3 aromatic carbocycles. The number of hydrogen-bond donors (Lipinski definition) is 1. The van der Waals surface area contributed by atoms with Crippen LogP contribution in [0.1, 0.15) is 27.0 Å². The van der Waals surface area contributed by atoms with Gasteiger partial charge in [0.1, 0.15) is 6.54 Å². The number of carbonyl (C=O) groups excluding carboxylic acids is 2. The number of fused-ring (bicyclic) bond motifs is 1. The van der Waals surface area contributed by atoms with Gasteiger partial charge < -0.3 is 9.88 Å². The molecule has 1 N–H and O–H groups in total. The zero-order chi connectivity index (χ0) is 22.8. The van der Waals surface area contributed by atoms with E-state index in [1.54, 1.807) is 59.2 Å². The maximum atomic E-state index is 13.1. The molecule has 0 saturated heterocycles. The maximum absolute atomic E-state index is 13.1. The van der Waals surface area contributed by atoms with Gasteiger partial charge in [-0.05, 0) is 43.7 Å². The minimum absolute atomic E-state index is 0.0282. The second kappa shape index (κ2) is 8.81. The molecule has 160 valence electrons. The number of anilines is 1. The van der Waals surface area contributed by atoms with E-state index in [2.05, 4.69) is 5.32 Å². The van der Waals surface area contributed by atoms with Crippen molar-refractivity contribution in [2.24, 2.45) is 0 Å². The summed E-state index contributed by atoms with van der Waals surface area (Å²) in [5.74, 6) is -0.674. The zero-order valence-electron chi connectivity index (χ0n) is 17.7. The van der Waals surface area contributed by atoms with Gasteiger partial charge in [0.2, 0.25) is 11.3 Å². The van der Waals surface area contributed by atoms with Gasteiger partial charge in [-0.1, -0.05) is 59.6 Å². The summed E-state index contributed by atoms with van der Waals surface area (Å²) in [5, 5.41) is 3.78. The van der Waals surface area contributed by atoms with Crippen LogP contribution in [-0.2, 0) is 11.3 Å². The fraction of sp³-hybridized carbons (Fsp3) is 0.115. The number of halogens is 1. The summed E-state index contributed by atoms with van der Waals surface area (Å²) in [6, 6.07) is 19.3. The SMILES string of the molecule is Cc1ccc2c(c1)c(=O)c(C(=O)c1ccccc1)cn2CC(=O)Nc1ccc(C)c(Cl)c1. The van der Waals surface area contributed by atoms with Crippen molar-refractivity contribution >= 4 is 39.9 Å². The Balaban J connectivity index is 1.75. The number of hydrogen-bond acceptors (Lipinski definition) is 3. The van der Waals surface area contributed by atoms with Crippen LogP contribution in [0.4, 0.5) is 5.69 Å². The Hall–Kier alpha value is -3.70. The van der Waals surface area contributed by atoms with Gasteiger partial charge in [-0.3, -0.25) is 14.4 Å². The van der Waals surface area contributed by atoms with Crippen molar-refractivity contribution in [2.75, 3.05) is 5.32 Å². The lowest BCUT2D eigenvalue weighted by Gasteiger charge is -2.14. The minimum atomic E-state index is -0.376. The number of aromatic nitrogens is 1. The van der Waals surface area contributed by atoms with Gasteiger partial charge in [-0.2, -0.15) is 0 Å². The Morgan fingerprint density at radius 2 is 1.72 bits per heavy atom. The van der Waals surface area contributed by atoms with Crippen LogP contribution in [0.3, 0.4) is 0 Å². The molecule has 0 spiro atoms. The third-order valence-electron chi connectivity index (χ3n) is 5.29. The van der Waals surface area contributed by atoms with E-state index >= 15 is 0 Å². The summed E-state index contributed by atoms with van der Waals surface area (Å²) in [4.78, 5) is 39.0.